The minimum Gasteiger partial charge on any atom is -0.434 e. The number of thiazole rings is 1. The van der Waals surface area contributed by atoms with Crippen LogP contribution in [0.1, 0.15) is 41.9 Å². The lowest BCUT2D eigenvalue weighted by Gasteiger charge is -2.24. The first-order valence-electron chi connectivity index (χ1n) is 11.5. The van der Waals surface area contributed by atoms with E-state index in [4.69, 9.17) is 4.42 Å². The van der Waals surface area contributed by atoms with E-state index in [1.807, 2.05) is 11.4 Å². The molecule has 2 heterocycles. The minimum atomic E-state index is -3.96. The summed E-state index contributed by atoms with van der Waals surface area (Å²) in [4.78, 5) is 34.1. The fourth-order valence-corrected chi connectivity index (χ4v) is 5.13. The zero-order valence-electron chi connectivity index (χ0n) is 20.0. The van der Waals surface area contributed by atoms with Crippen molar-refractivity contribution in [3.63, 3.8) is 0 Å². The van der Waals surface area contributed by atoms with Crippen molar-refractivity contribution in [2.45, 2.75) is 37.5 Å². The average molecular weight is 540 g/mol. The summed E-state index contributed by atoms with van der Waals surface area (Å²) in [6, 6.07) is 14.9. The summed E-state index contributed by atoms with van der Waals surface area (Å²) in [6.45, 7) is 1.60. The van der Waals surface area contributed by atoms with Gasteiger partial charge in [0.1, 0.15) is 11.4 Å². The quantitative estimate of drug-likeness (QED) is 0.138. The maximum Gasteiger partial charge on any atom is 0.283 e. The van der Waals surface area contributed by atoms with Gasteiger partial charge in [-0.25, -0.2) is 9.97 Å². The number of hydrogen-bond donors (Lipinski definition) is 1. The molecule has 192 valence electrons. The van der Waals surface area contributed by atoms with Gasteiger partial charge in [0.15, 0.2) is 5.58 Å². The van der Waals surface area contributed by atoms with Crippen molar-refractivity contribution in [2.24, 2.45) is 4.40 Å². The molecule has 0 aliphatic carbocycles. The summed E-state index contributed by atoms with van der Waals surface area (Å²) in [5, 5.41) is 3.93. The second-order valence-electron chi connectivity index (χ2n) is 8.06. The number of fused-ring (bicyclic) bond motifs is 1. The molecule has 1 amide bonds. The van der Waals surface area contributed by atoms with Gasteiger partial charge in [-0.05, 0) is 37.6 Å². The van der Waals surface area contributed by atoms with Crippen molar-refractivity contribution in [3.8, 4) is 0 Å². The molecule has 0 saturated carbocycles. The van der Waals surface area contributed by atoms with Crippen LogP contribution in [0.25, 0.3) is 11.1 Å². The Morgan fingerprint density at radius 1 is 1.08 bits per heavy atom. The van der Waals surface area contributed by atoms with E-state index in [0.717, 1.165) is 5.01 Å². The van der Waals surface area contributed by atoms with Crippen LogP contribution in [-0.4, -0.2) is 47.5 Å². The number of benzene rings is 2. The number of nitrogens with one attached hydrogen (secondary N) is 1. The normalized spacial score (nSPS) is 12.0. The van der Waals surface area contributed by atoms with E-state index in [-0.39, 0.29) is 47.7 Å². The molecule has 4 rings (SSSR count). The number of sulfonamides is 1. The van der Waals surface area contributed by atoms with Crippen molar-refractivity contribution in [1.82, 2.24) is 20.4 Å². The number of aryl methyl sites for hydroxylation is 1. The number of oxazole rings is 1. The molecule has 0 radical (unpaired) electrons. The lowest BCUT2D eigenvalue weighted by atomic mass is 10.2. The fraction of sp³-hybridized carbons (Fsp3) is 0.240. The number of hydrogen-bond acceptors (Lipinski definition) is 8. The number of amides is 1. The van der Waals surface area contributed by atoms with Crippen molar-refractivity contribution in [1.29, 1.82) is 0 Å². The summed E-state index contributed by atoms with van der Waals surface area (Å²) in [6.07, 6.45) is 2.65. The summed E-state index contributed by atoms with van der Waals surface area (Å²) in [7, 11) is -3.96. The Hall–Kier alpha value is -3.90. The van der Waals surface area contributed by atoms with Gasteiger partial charge < -0.3 is 4.42 Å². The van der Waals surface area contributed by atoms with E-state index in [1.54, 1.807) is 42.6 Å². The molecule has 0 aliphatic heterocycles. The molecule has 0 fully saturated rings. The number of carbonyl (C=O) groups is 2. The lowest BCUT2D eigenvalue weighted by molar-refractivity contribution is -0.133. The van der Waals surface area contributed by atoms with Gasteiger partial charge in [0, 0.05) is 37.4 Å². The van der Waals surface area contributed by atoms with Crippen LogP contribution in [0.2, 0.25) is 0 Å². The van der Waals surface area contributed by atoms with Crippen LogP contribution in [0.15, 0.2) is 79.9 Å². The molecule has 10 nitrogen and oxygen atoms in total. The molecular formula is C25H25N5O5S2. The summed E-state index contributed by atoms with van der Waals surface area (Å²) < 4.78 is 34.6. The van der Waals surface area contributed by atoms with Crippen LogP contribution in [0.5, 0.6) is 0 Å². The molecule has 0 spiro atoms. The van der Waals surface area contributed by atoms with E-state index in [9.17, 15) is 18.0 Å². The maximum atomic E-state index is 13.0. The Labute approximate surface area is 218 Å². The Balaban J connectivity index is 1.42. The zero-order chi connectivity index (χ0) is 26.3. The zero-order valence-corrected chi connectivity index (χ0v) is 21.7. The van der Waals surface area contributed by atoms with E-state index in [2.05, 4.69) is 19.8 Å². The van der Waals surface area contributed by atoms with E-state index < -0.39 is 10.0 Å². The van der Waals surface area contributed by atoms with Gasteiger partial charge in [0.2, 0.25) is 11.7 Å². The highest BCUT2D eigenvalue weighted by Gasteiger charge is 2.19. The number of ketones is 1. The van der Waals surface area contributed by atoms with Crippen LogP contribution in [0.3, 0.4) is 0 Å². The van der Waals surface area contributed by atoms with Gasteiger partial charge in [-0.3, -0.25) is 20.0 Å². The summed E-state index contributed by atoms with van der Waals surface area (Å²) >= 11 is 1.45. The summed E-state index contributed by atoms with van der Waals surface area (Å²) in [5.74, 6) is -0.529. The van der Waals surface area contributed by atoms with Crippen LogP contribution in [0.4, 0.5) is 0 Å². The van der Waals surface area contributed by atoms with Gasteiger partial charge in [-0.2, -0.15) is 8.42 Å². The monoisotopic (exact) mass is 539 g/mol. The Kier molecular flexibility index (Phi) is 8.41. The predicted octanol–water partition coefficient (Wildman–Crippen LogP) is 4.02. The number of carbonyl (C=O) groups excluding carboxylic acids is 2. The Bertz CT molecular complexity index is 1470. The maximum absolute atomic E-state index is 13.0. The molecule has 4 aromatic rings. The molecule has 2 aromatic heterocycles. The molecule has 0 saturated heterocycles. The number of aromatic nitrogens is 2. The second-order valence-corrected chi connectivity index (χ2v) is 10.6. The molecule has 1 N–H and O–H groups in total. The van der Waals surface area contributed by atoms with Crippen LogP contribution in [0, 0.1) is 0 Å². The molecular weight excluding hydrogens is 514 g/mol. The molecule has 2 aromatic carbocycles. The molecule has 0 aliphatic rings. The van der Waals surface area contributed by atoms with Gasteiger partial charge in [-0.15, -0.1) is 15.7 Å². The standard InChI is InChI=1S/C25H25N5O5S2/c1-18(29-37(33,34)19-8-3-2-4-9-19)28-30(24(32)14-13-23-26-15-17-36-23)16-7-11-21(31)25-27-20-10-5-6-12-22(20)35-25/h2-6,8-10,12,15,17H,7,11,13-14,16H2,1H3,(H,28,29). The lowest BCUT2D eigenvalue weighted by Crippen LogP contribution is -2.46. The molecule has 0 atom stereocenters. The number of rotatable bonds is 10. The third kappa shape index (κ3) is 7.08. The topological polar surface area (TPSA) is 135 Å². The second kappa shape index (κ2) is 11.9. The van der Waals surface area contributed by atoms with Crippen LogP contribution in [-0.2, 0) is 21.2 Å². The van der Waals surface area contributed by atoms with Crippen molar-refractivity contribution >= 4 is 50.0 Å². The largest absolute Gasteiger partial charge is 0.434 e. The average Bonchev–Trinajstić information content (AvgIpc) is 3.57. The van der Waals surface area contributed by atoms with Gasteiger partial charge >= 0.3 is 0 Å². The number of amidine groups is 1. The highest BCUT2D eigenvalue weighted by Crippen LogP contribution is 2.17. The first kappa shape index (κ1) is 26.2. The van der Waals surface area contributed by atoms with Gasteiger partial charge in [-0.1, -0.05) is 30.3 Å². The van der Waals surface area contributed by atoms with E-state index in [0.29, 0.717) is 23.9 Å². The molecule has 0 unspecified atom stereocenters. The number of Topliss-reactive ketones (excluding diaryl/α,β-unsaturated/α-hetero) is 1. The first-order valence-corrected chi connectivity index (χ1v) is 13.8. The Morgan fingerprint density at radius 2 is 1.84 bits per heavy atom. The minimum absolute atomic E-state index is 0.0162. The van der Waals surface area contributed by atoms with Gasteiger partial charge in [0.05, 0.1) is 9.90 Å². The van der Waals surface area contributed by atoms with E-state index in [1.165, 1.54) is 35.4 Å². The van der Waals surface area contributed by atoms with Crippen LogP contribution >= 0.6 is 11.3 Å². The summed E-state index contributed by atoms with van der Waals surface area (Å²) in [5.41, 5.74) is 3.92. The smallest absolute Gasteiger partial charge is 0.283 e. The number of nitrogens with zero attached hydrogens (tertiary/aromatic N) is 4. The van der Waals surface area contributed by atoms with Crippen LogP contribution < -0.4 is 5.43 Å². The predicted molar refractivity (Wildman–Crippen MR) is 140 cm³/mol. The Morgan fingerprint density at radius 3 is 2.57 bits per heavy atom. The first-order chi connectivity index (χ1) is 17.8. The number of hydrazine groups is 1. The van der Waals surface area contributed by atoms with Crippen molar-refractivity contribution < 1.29 is 22.4 Å². The fourth-order valence-electron chi connectivity index (χ4n) is 3.51. The SMILES string of the molecule is CC(=NS(=O)(=O)c1ccccc1)NN(CCCC(=O)c1nc2ccccc2o1)C(=O)CCc1nccs1. The number of para-hydroxylation sites is 2. The third-order valence-corrected chi connectivity index (χ3v) is 7.47. The van der Waals surface area contributed by atoms with Gasteiger partial charge in [0.25, 0.3) is 15.9 Å². The molecule has 37 heavy (non-hydrogen) atoms. The highest BCUT2D eigenvalue weighted by molar-refractivity contribution is 7.90. The third-order valence-electron chi connectivity index (χ3n) is 5.25. The van der Waals surface area contributed by atoms with E-state index >= 15 is 0 Å². The molecule has 0 bridgehead atoms. The van der Waals surface area contributed by atoms with Crippen molar-refractivity contribution in [2.75, 3.05) is 6.54 Å². The molecule has 12 heteroatoms. The van der Waals surface area contributed by atoms with Crippen molar-refractivity contribution in [3.05, 3.63) is 77.1 Å². The highest BCUT2D eigenvalue weighted by atomic mass is 32.2.